The molecule has 1 aromatic heterocycles. The van der Waals surface area contributed by atoms with Gasteiger partial charge in [0.2, 0.25) is 17.9 Å². The predicted octanol–water partition coefficient (Wildman–Crippen LogP) is 2.06. The first-order valence-corrected chi connectivity index (χ1v) is 11.3. The summed E-state index contributed by atoms with van der Waals surface area (Å²) in [5, 5.41) is 15.5. The Kier molecular flexibility index (Phi) is 5.99. The lowest BCUT2D eigenvalue weighted by Gasteiger charge is -2.18. The quantitative estimate of drug-likeness (QED) is 0.197. The summed E-state index contributed by atoms with van der Waals surface area (Å²) in [6, 6.07) is 10.8. The number of carbonyl (C=O) groups is 1. The first kappa shape index (κ1) is 21.7. The van der Waals surface area contributed by atoms with Crippen LogP contribution in [0.3, 0.4) is 0 Å². The molecule has 0 saturated heterocycles. The smallest absolute Gasteiger partial charge is 0.264 e. The van der Waals surface area contributed by atoms with Crippen LogP contribution in [0.4, 0.5) is 11.6 Å². The molecule has 3 heterocycles. The first-order chi connectivity index (χ1) is 16.6. The van der Waals surface area contributed by atoms with Gasteiger partial charge < -0.3 is 30.1 Å². The van der Waals surface area contributed by atoms with Crippen LogP contribution in [0.2, 0.25) is 0 Å². The molecule has 5 rings (SSSR count). The van der Waals surface area contributed by atoms with Gasteiger partial charge in [-0.15, -0.1) is 10.2 Å². The van der Waals surface area contributed by atoms with Crippen LogP contribution in [0, 0.1) is 0 Å². The Balaban J connectivity index is 1.16. The Morgan fingerprint density at radius 1 is 1.06 bits per heavy atom. The third-order valence-corrected chi connectivity index (χ3v) is 5.88. The SMILES string of the molecule is C/C(=N\Nc1nnc(SCC(=O)Nc2ccc3c(c2)OCCO3)n1N)c1ccc2c(c1)OCO2. The number of thioether (sulfide) groups is 1. The van der Waals surface area contributed by atoms with Crippen LogP contribution < -0.4 is 35.5 Å². The maximum Gasteiger partial charge on any atom is 0.264 e. The molecule has 0 atom stereocenters. The summed E-state index contributed by atoms with van der Waals surface area (Å²) >= 11 is 1.15. The van der Waals surface area contributed by atoms with E-state index in [2.05, 4.69) is 26.0 Å². The van der Waals surface area contributed by atoms with Gasteiger partial charge in [0.15, 0.2) is 23.0 Å². The molecule has 0 aliphatic carbocycles. The highest BCUT2D eigenvalue weighted by Gasteiger charge is 2.16. The topological polar surface area (TPSA) is 147 Å². The molecule has 0 radical (unpaired) electrons. The van der Waals surface area contributed by atoms with E-state index in [1.807, 2.05) is 25.1 Å². The second-order valence-corrected chi connectivity index (χ2v) is 8.19. The molecule has 13 heteroatoms. The maximum absolute atomic E-state index is 12.4. The lowest BCUT2D eigenvalue weighted by atomic mass is 10.1. The summed E-state index contributed by atoms with van der Waals surface area (Å²) in [5.74, 6) is 8.78. The summed E-state index contributed by atoms with van der Waals surface area (Å²) in [6.07, 6.45) is 0. The molecule has 34 heavy (non-hydrogen) atoms. The van der Waals surface area contributed by atoms with Crippen LogP contribution in [0.25, 0.3) is 0 Å². The van der Waals surface area contributed by atoms with Gasteiger partial charge in [0, 0.05) is 17.3 Å². The molecule has 4 N–H and O–H groups in total. The van der Waals surface area contributed by atoms with Gasteiger partial charge in [0.05, 0.1) is 11.5 Å². The molecular weight excluding hydrogens is 462 g/mol. The Morgan fingerprint density at radius 3 is 2.68 bits per heavy atom. The van der Waals surface area contributed by atoms with Crippen LogP contribution in [0.15, 0.2) is 46.7 Å². The second-order valence-electron chi connectivity index (χ2n) is 7.25. The molecule has 2 aromatic carbocycles. The van der Waals surface area contributed by atoms with Crippen molar-refractivity contribution >= 4 is 35.0 Å². The normalized spacial score (nSPS) is 14.1. The number of nitrogens with zero attached hydrogens (tertiary/aromatic N) is 4. The molecular formula is C21H21N7O5S. The summed E-state index contributed by atoms with van der Waals surface area (Å²) < 4.78 is 23.0. The average Bonchev–Trinajstić information content (AvgIpc) is 3.47. The second kappa shape index (κ2) is 9.39. The van der Waals surface area contributed by atoms with Gasteiger partial charge in [0.1, 0.15) is 13.2 Å². The Hall–Kier alpha value is -4.13. The van der Waals surface area contributed by atoms with E-state index in [4.69, 9.17) is 24.8 Å². The molecule has 3 aromatic rings. The lowest BCUT2D eigenvalue weighted by molar-refractivity contribution is -0.113. The molecule has 176 valence electrons. The van der Waals surface area contributed by atoms with Gasteiger partial charge in [0.25, 0.3) is 5.95 Å². The zero-order valence-corrected chi connectivity index (χ0v) is 18.9. The minimum Gasteiger partial charge on any atom is -0.486 e. The molecule has 0 fully saturated rings. The number of hydrogen-bond donors (Lipinski definition) is 3. The number of fused-ring (bicyclic) bond motifs is 2. The van der Waals surface area contributed by atoms with Crippen LogP contribution in [0.1, 0.15) is 12.5 Å². The summed E-state index contributed by atoms with van der Waals surface area (Å²) in [7, 11) is 0. The number of nitrogen functional groups attached to an aromatic ring is 1. The molecule has 12 nitrogen and oxygen atoms in total. The number of amides is 1. The fourth-order valence-corrected chi connectivity index (χ4v) is 3.88. The third kappa shape index (κ3) is 4.64. The van der Waals surface area contributed by atoms with Crippen molar-refractivity contribution in [3.8, 4) is 23.0 Å². The van der Waals surface area contributed by atoms with E-state index in [9.17, 15) is 4.79 Å². The highest BCUT2D eigenvalue weighted by atomic mass is 32.2. The standard InChI is InChI=1S/C21H21N7O5S/c1-12(13-2-4-16-17(8-13)33-11-32-16)24-25-20-26-27-21(28(20)22)34-10-19(29)23-14-3-5-15-18(9-14)31-7-6-30-15/h2-5,8-9H,6-7,10-11,22H2,1H3,(H,23,29)(H,25,26)/b24-12+. The van der Waals surface area contributed by atoms with Gasteiger partial charge >= 0.3 is 0 Å². The number of ether oxygens (including phenoxy) is 4. The van der Waals surface area contributed by atoms with E-state index in [0.29, 0.717) is 52.8 Å². The van der Waals surface area contributed by atoms with Gasteiger partial charge in [-0.1, -0.05) is 11.8 Å². The van der Waals surface area contributed by atoms with Crippen molar-refractivity contribution in [3.05, 3.63) is 42.0 Å². The van der Waals surface area contributed by atoms with Crippen molar-refractivity contribution in [1.29, 1.82) is 0 Å². The average molecular weight is 484 g/mol. The summed E-state index contributed by atoms with van der Waals surface area (Å²) in [6.45, 7) is 3.02. The number of aromatic nitrogens is 3. The van der Waals surface area contributed by atoms with Gasteiger partial charge in [-0.05, 0) is 37.3 Å². The molecule has 0 bridgehead atoms. The van der Waals surface area contributed by atoms with Crippen LogP contribution in [0.5, 0.6) is 23.0 Å². The number of anilines is 2. The Bertz CT molecular complexity index is 1260. The highest BCUT2D eigenvalue weighted by molar-refractivity contribution is 7.99. The molecule has 2 aliphatic heterocycles. The van der Waals surface area contributed by atoms with Crippen LogP contribution >= 0.6 is 11.8 Å². The first-order valence-electron chi connectivity index (χ1n) is 10.3. The number of rotatable bonds is 7. The van der Waals surface area contributed by atoms with E-state index in [1.165, 1.54) is 4.68 Å². The Labute approximate surface area is 198 Å². The van der Waals surface area contributed by atoms with Gasteiger partial charge in [-0.25, -0.2) is 10.1 Å². The molecule has 2 aliphatic rings. The van der Waals surface area contributed by atoms with Crippen LogP contribution in [-0.4, -0.2) is 52.3 Å². The minimum atomic E-state index is -0.226. The number of carbonyl (C=O) groups excluding carboxylic acids is 1. The summed E-state index contributed by atoms with van der Waals surface area (Å²) in [5.41, 5.74) is 4.95. The largest absolute Gasteiger partial charge is 0.486 e. The predicted molar refractivity (Wildman–Crippen MR) is 125 cm³/mol. The van der Waals surface area contributed by atoms with Crippen molar-refractivity contribution in [2.75, 3.05) is 42.3 Å². The number of hydrazone groups is 1. The molecule has 0 unspecified atom stereocenters. The highest BCUT2D eigenvalue weighted by Crippen LogP contribution is 2.33. The van der Waals surface area contributed by atoms with E-state index in [1.54, 1.807) is 18.2 Å². The van der Waals surface area contributed by atoms with Crippen molar-refractivity contribution in [3.63, 3.8) is 0 Å². The van der Waals surface area contributed by atoms with Gasteiger partial charge in [-0.3, -0.25) is 4.79 Å². The Morgan fingerprint density at radius 2 is 1.79 bits per heavy atom. The number of nitrogens with one attached hydrogen (secondary N) is 2. The maximum atomic E-state index is 12.4. The van der Waals surface area contributed by atoms with Gasteiger partial charge in [-0.2, -0.15) is 5.10 Å². The van der Waals surface area contributed by atoms with Crippen LogP contribution in [-0.2, 0) is 4.79 Å². The summed E-state index contributed by atoms with van der Waals surface area (Å²) in [4.78, 5) is 12.4. The fourth-order valence-electron chi connectivity index (χ4n) is 3.22. The van der Waals surface area contributed by atoms with E-state index in [0.717, 1.165) is 17.3 Å². The van der Waals surface area contributed by atoms with Crippen molar-refractivity contribution < 1.29 is 23.7 Å². The monoisotopic (exact) mass is 483 g/mol. The van der Waals surface area contributed by atoms with E-state index in [-0.39, 0.29) is 24.4 Å². The molecule has 0 spiro atoms. The number of nitrogens with two attached hydrogens (primary N) is 1. The van der Waals surface area contributed by atoms with Crippen molar-refractivity contribution in [1.82, 2.24) is 14.9 Å². The van der Waals surface area contributed by atoms with Crippen molar-refractivity contribution in [2.24, 2.45) is 5.10 Å². The van der Waals surface area contributed by atoms with E-state index >= 15 is 0 Å². The third-order valence-electron chi connectivity index (χ3n) is 4.94. The number of hydrogen-bond acceptors (Lipinski definition) is 11. The van der Waals surface area contributed by atoms with E-state index < -0.39 is 0 Å². The zero-order chi connectivity index (χ0) is 23.5. The zero-order valence-electron chi connectivity index (χ0n) is 18.1. The lowest BCUT2D eigenvalue weighted by Crippen LogP contribution is -2.18. The fraction of sp³-hybridized carbons (Fsp3) is 0.238. The molecule has 1 amide bonds. The molecule has 0 saturated carbocycles. The van der Waals surface area contributed by atoms with Crippen molar-refractivity contribution in [2.45, 2.75) is 12.1 Å². The number of benzene rings is 2. The minimum absolute atomic E-state index is 0.0866.